The molecule has 0 aromatic heterocycles. The van der Waals surface area contributed by atoms with Gasteiger partial charge in [-0.1, -0.05) is 19.1 Å². The van der Waals surface area contributed by atoms with Crippen molar-refractivity contribution in [3.05, 3.63) is 35.6 Å². The topological polar surface area (TPSA) is 49.4 Å². The zero-order chi connectivity index (χ0) is 16.4. The normalized spacial score (nSPS) is 25.0. The maximum atomic E-state index is 13.3. The van der Waals surface area contributed by atoms with Gasteiger partial charge >= 0.3 is 0 Å². The number of halogens is 1. The van der Waals surface area contributed by atoms with Gasteiger partial charge in [-0.3, -0.25) is 9.59 Å². The second-order valence-corrected chi connectivity index (χ2v) is 6.66. The lowest BCUT2D eigenvalue weighted by Gasteiger charge is -2.29. The van der Waals surface area contributed by atoms with Crippen molar-refractivity contribution in [2.45, 2.75) is 44.7 Å². The molecule has 23 heavy (non-hydrogen) atoms. The first-order valence-corrected chi connectivity index (χ1v) is 8.38. The number of rotatable bonds is 4. The maximum Gasteiger partial charge on any atom is 0.223 e. The predicted molar refractivity (Wildman–Crippen MR) is 85.7 cm³/mol. The summed E-state index contributed by atoms with van der Waals surface area (Å²) >= 11 is 0. The van der Waals surface area contributed by atoms with E-state index in [0.717, 1.165) is 32.4 Å². The summed E-state index contributed by atoms with van der Waals surface area (Å²) in [6.07, 6.45) is 3.27. The Morgan fingerprint density at radius 3 is 2.87 bits per heavy atom. The minimum Gasteiger partial charge on any atom is -0.335 e. The number of hydrogen-bond acceptors (Lipinski definition) is 3. The average Bonchev–Trinajstić information content (AvgIpc) is 2.79. The van der Waals surface area contributed by atoms with Gasteiger partial charge in [-0.05, 0) is 37.9 Å². The molecule has 1 N–H and O–H groups in total. The summed E-state index contributed by atoms with van der Waals surface area (Å²) in [5.41, 5.74) is 0.339. The predicted octanol–water partition coefficient (Wildman–Crippen LogP) is 2.39. The zero-order valence-electron chi connectivity index (χ0n) is 13.4. The van der Waals surface area contributed by atoms with Crippen molar-refractivity contribution < 1.29 is 14.0 Å². The van der Waals surface area contributed by atoms with E-state index in [-0.39, 0.29) is 24.2 Å². The second kappa shape index (κ2) is 6.79. The van der Waals surface area contributed by atoms with Gasteiger partial charge in [0, 0.05) is 36.5 Å². The van der Waals surface area contributed by atoms with E-state index in [9.17, 15) is 14.0 Å². The quantitative estimate of drug-likeness (QED) is 0.867. The van der Waals surface area contributed by atoms with Crippen LogP contribution in [0.15, 0.2) is 24.3 Å². The van der Waals surface area contributed by atoms with Crippen molar-refractivity contribution in [2.75, 3.05) is 13.1 Å². The summed E-state index contributed by atoms with van der Waals surface area (Å²) < 4.78 is 13.3. The standard InChI is InChI=1S/C18H23FN2O2/c1-12(18(23)13-3-2-4-14(19)10-13)9-17(22)21-15-5-6-16(21)11-20-8-7-15/h2-4,10,12,15-16,20H,5-9,11H2,1H3. The molecule has 2 aliphatic rings. The van der Waals surface area contributed by atoms with Gasteiger partial charge in [-0.15, -0.1) is 0 Å². The Bertz CT molecular complexity index is 590. The average molecular weight is 318 g/mol. The van der Waals surface area contributed by atoms with E-state index in [4.69, 9.17) is 0 Å². The molecule has 5 heteroatoms. The molecule has 0 saturated carbocycles. The van der Waals surface area contributed by atoms with Gasteiger partial charge < -0.3 is 10.2 Å². The van der Waals surface area contributed by atoms with Crippen LogP contribution in [0.2, 0.25) is 0 Å². The number of nitrogens with zero attached hydrogens (tertiary/aromatic N) is 1. The van der Waals surface area contributed by atoms with E-state index in [1.165, 1.54) is 18.2 Å². The van der Waals surface area contributed by atoms with Crippen LogP contribution < -0.4 is 5.32 Å². The highest BCUT2D eigenvalue weighted by Gasteiger charge is 2.38. The Morgan fingerprint density at radius 1 is 1.30 bits per heavy atom. The highest BCUT2D eigenvalue weighted by molar-refractivity contribution is 5.99. The summed E-state index contributed by atoms with van der Waals surface area (Å²) in [5.74, 6) is -0.970. The fraction of sp³-hybridized carbons (Fsp3) is 0.556. The van der Waals surface area contributed by atoms with Gasteiger partial charge in [0.05, 0.1) is 0 Å². The third-order valence-electron chi connectivity index (χ3n) is 4.98. The number of Topliss-reactive ketones (excluding diaryl/α,β-unsaturated/α-hetero) is 1. The van der Waals surface area contributed by atoms with Crippen LogP contribution in [0, 0.1) is 11.7 Å². The third-order valence-corrected chi connectivity index (χ3v) is 4.98. The lowest BCUT2D eigenvalue weighted by atomic mass is 9.95. The fourth-order valence-electron chi connectivity index (χ4n) is 3.78. The molecule has 2 saturated heterocycles. The number of amides is 1. The molecule has 2 fully saturated rings. The van der Waals surface area contributed by atoms with E-state index in [1.807, 2.05) is 4.90 Å². The smallest absolute Gasteiger partial charge is 0.223 e. The number of carbonyl (C=O) groups is 2. The number of fused-ring (bicyclic) bond motifs is 2. The van der Waals surface area contributed by atoms with Crippen molar-refractivity contribution in [3.8, 4) is 0 Å². The summed E-state index contributed by atoms with van der Waals surface area (Å²) in [7, 11) is 0. The van der Waals surface area contributed by atoms with Crippen LogP contribution in [0.4, 0.5) is 4.39 Å². The van der Waals surface area contributed by atoms with Crippen LogP contribution in [0.25, 0.3) is 0 Å². The fourth-order valence-corrected chi connectivity index (χ4v) is 3.78. The molecule has 1 aromatic rings. The molecule has 4 nitrogen and oxygen atoms in total. The summed E-state index contributed by atoms with van der Waals surface area (Å²) in [6, 6.07) is 6.24. The Hall–Kier alpha value is -1.75. The monoisotopic (exact) mass is 318 g/mol. The Morgan fingerprint density at radius 2 is 2.09 bits per heavy atom. The molecule has 2 heterocycles. The van der Waals surface area contributed by atoms with Crippen LogP contribution >= 0.6 is 0 Å². The van der Waals surface area contributed by atoms with Gasteiger partial charge in [0.1, 0.15) is 5.82 Å². The van der Waals surface area contributed by atoms with Crippen LogP contribution in [0.5, 0.6) is 0 Å². The molecule has 1 aromatic carbocycles. The number of nitrogens with one attached hydrogen (secondary N) is 1. The zero-order valence-corrected chi connectivity index (χ0v) is 13.4. The molecule has 0 spiro atoms. The molecule has 1 amide bonds. The molecule has 2 bridgehead atoms. The van der Waals surface area contributed by atoms with Gasteiger partial charge in [0.2, 0.25) is 5.91 Å². The third kappa shape index (κ3) is 3.44. The first kappa shape index (κ1) is 16.1. The van der Waals surface area contributed by atoms with E-state index in [2.05, 4.69) is 5.32 Å². The number of benzene rings is 1. The van der Waals surface area contributed by atoms with Crippen molar-refractivity contribution >= 4 is 11.7 Å². The van der Waals surface area contributed by atoms with Crippen molar-refractivity contribution in [3.63, 3.8) is 0 Å². The maximum absolute atomic E-state index is 13.3. The highest BCUT2D eigenvalue weighted by Crippen LogP contribution is 2.29. The van der Waals surface area contributed by atoms with Crippen LogP contribution in [-0.4, -0.2) is 41.8 Å². The minimum atomic E-state index is -0.431. The van der Waals surface area contributed by atoms with Crippen molar-refractivity contribution in [1.29, 1.82) is 0 Å². The number of hydrogen-bond donors (Lipinski definition) is 1. The number of carbonyl (C=O) groups excluding carboxylic acids is 2. The van der Waals surface area contributed by atoms with Gasteiger partial charge in [0.25, 0.3) is 0 Å². The lowest BCUT2D eigenvalue weighted by molar-refractivity contribution is -0.134. The lowest BCUT2D eigenvalue weighted by Crippen LogP contribution is -2.43. The molecule has 3 atom stereocenters. The van der Waals surface area contributed by atoms with E-state index >= 15 is 0 Å². The van der Waals surface area contributed by atoms with E-state index < -0.39 is 11.7 Å². The highest BCUT2D eigenvalue weighted by atomic mass is 19.1. The Kier molecular flexibility index (Phi) is 4.76. The van der Waals surface area contributed by atoms with E-state index in [0.29, 0.717) is 11.6 Å². The van der Waals surface area contributed by atoms with Gasteiger partial charge in [-0.2, -0.15) is 0 Å². The summed E-state index contributed by atoms with van der Waals surface area (Å²) in [4.78, 5) is 27.1. The summed E-state index contributed by atoms with van der Waals surface area (Å²) in [6.45, 7) is 3.54. The van der Waals surface area contributed by atoms with Crippen molar-refractivity contribution in [2.24, 2.45) is 5.92 Å². The Balaban J connectivity index is 1.66. The molecule has 0 radical (unpaired) electrons. The summed E-state index contributed by atoms with van der Waals surface area (Å²) in [5, 5.41) is 3.37. The first-order chi connectivity index (χ1) is 11.1. The van der Waals surface area contributed by atoms with Crippen molar-refractivity contribution in [1.82, 2.24) is 10.2 Å². The molecular formula is C18H23FN2O2. The first-order valence-electron chi connectivity index (χ1n) is 8.38. The van der Waals surface area contributed by atoms with Gasteiger partial charge in [-0.25, -0.2) is 4.39 Å². The van der Waals surface area contributed by atoms with Crippen LogP contribution in [0.3, 0.4) is 0 Å². The SMILES string of the molecule is CC(CC(=O)N1C2CCNCC1CC2)C(=O)c1cccc(F)c1. The largest absolute Gasteiger partial charge is 0.335 e. The number of ketones is 1. The van der Waals surface area contributed by atoms with Crippen LogP contribution in [0.1, 0.15) is 43.0 Å². The van der Waals surface area contributed by atoms with E-state index in [1.54, 1.807) is 13.0 Å². The Labute approximate surface area is 136 Å². The molecule has 2 aliphatic heterocycles. The second-order valence-electron chi connectivity index (χ2n) is 6.66. The molecule has 124 valence electrons. The molecule has 3 rings (SSSR count). The molecular weight excluding hydrogens is 295 g/mol. The molecule has 0 aliphatic carbocycles. The van der Waals surface area contributed by atoms with Gasteiger partial charge in [0.15, 0.2) is 5.78 Å². The van der Waals surface area contributed by atoms with Crippen LogP contribution in [-0.2, 0) is 4.79 Å². The molecule has 3 unspecified atom stereocenters. The minimum absolute atomic E-state index is 0.0541.